The second kappa shape index (κ2) is 6.55. The van der Waals surface area contributed by atoms with E-state index < -0.39 is 30.3 Å². The van der Waals surface area contributed by atoms with Gasteiger partial charge in [-0.2, -0.15) is 0 Å². The molecule has 1 rings (SSSR count). The molecule has 1 atom stereocenters. The summed E-state index contributed by atoms with van der Waals surface area (Å²) in [6, 6.07) is 5.19. The molecule has 7 heteroatoms. The SMILES string of the molecule is CN(C)c1ccccc1C(=O)NC(CC(=O)O)C(=O)O. The smallest absolute Gasteiger partial charge is 0.326 e. The Hall–Kier alpha value is -2.57. The number of para-hydroxylation sites is 1. The zero-order valence-corrected chi connectivity index (χ0v) is 11.2. The summed E-state index contributed by atoms with van der Waals surface area (Å²) in [7, 11) is 3.50. The number of benzene rings is 1. The maximum Gasteiger partial charge on any atom is 0.326 e. The number of hydrogen-bond donors (Lipinski definition) is 3. The molecule has 1 aromatic rings. The normalized spacial score (nSPS) is 11.5. The molecule has 1 amide bonds. The second-order valence-electron chi connectivity index (χ2n) is 4.37. The zero-order valence-electron chi connectivity index (χ0n) is 11.2. The largest absolute Gasteiger partial charge is 0.481 e. The van der Waals surface area contributed by atoms with E-state index in [0.29, 0.717) is 5.69 Å². The van der Waals surface area contributed by atoms with E-state index in [4.69, 9.17) is 10.2 Å². The first-order valence-electron chi connectivity index (χ1n) is 5.84. The van der Waals surface area contributed by atoms with Crippen LogP contribution in [0, 0.1) is 0 Å². The average Bonchev–Trinajstić information content (AvgIpc) is 2.37. The predicted molar refractivity (Wildman–Crippen MR) is 71.9 cm³/mol. The fourth-order valence-electron chi connectivity index (χ4n) is 1.67. The highest BCUT2D eigenvalue weighted by atomic mass is 16.4. The van der Waals surface area contributed by atoms with Gasteiger partial charge in [0.2, 0.25) is 0 Å². The topological polar surface area (TPSA) is 107 Å². The van der Waals surface area contributed by atoms with E-state index in [1.54, 1.807) is 43.3 Å². The number of amides is 1. The van der Waals surface area contributed by atoms with E-state index in [9.17, 15) is 14.4 Å². The summed E-state index contributed by atoms with van der Waals surface area (Å²) in [6.45, 7) is 0. The van der Waals surface area contributed by atoms with Crippen LogP contribution in [-0.2, 0) is 9.59 Å². The van der Waals surface area contributed by atoms with Crippen LogP contribution in [0.3, 0.4) is 0 Å². The van der Waals surface area contributed by atoms with Gasteiger partial charge in [-0.25, -0.2) is 4.79 Å². The van der Waals surface area contributed by atoms with Crippen molar-refractivity contribution in [2.75, 3.05) is 19.0 Å². The van der Waals surface area contributed by atoms with Crippen LogP contribution in [0.2, 0.25) is 0 Å². The lowest BCUT2D eigenvalue weighted by Crippen LogP contribution is -2.42. The van der Waals surface area contributed by atoms with Crippen molar-refractivity contribution in [3.8, 4) is 0 Å². The third-order valence-electron chi connectivity index (χ3n) is 2.61. The van der Waals surface area contributed by atoms with Crippen molar-refractivity contribution in [3.05, 3.63) is 29.8 Å². The Morgan fingerprint density at radius 3 is 2.30 bits per heavy atom. The second-order valence-corrected chi connectivity index (χ2v) is 4.37. The standard InChI is InChI=1S/C13H16N2O5/c1-15(2)10-6-4-3-5-8(10)12(18)14-9(13(19)20)7-11(16)17/h3-6,9H,7H2,1-2H3,(H,14,18)(H,16,17)(H,19,20). The lowest BCUT2D eigenvalue weighted by molar-refractivity contribution is -0.145. The minimum Gasteiger partial charge on any atom is -0.481 e. The summed E-state index contributed by atoms with van der Waals surface area (Å²) in [5.74, 6) is -3.30. The highest BCUT2D eigenvalue weighted by Gasteiger charge is 2.24. The summed E-state index contributed by atoms with van der Waals surface area (Å²) in [6.07, 6.45) is -0.675. The fraction of sp³-hybridized carbons (Fsp3) is 0.308. The number of carbonyl (C=O) groups is 3. The van der Waals surface area contributed by atoms with Gasteiger partial charge in [-0.3, -0.25) is 9.59 Å². The molecule has 7 nitrogen and oxygen atoms in total. The minimum atomic E-state index is -1.46. The van der Waals surface area contributed by atoms with Gasteiger partial charge in [0.1, 0.15) is 6.04 Å². The summed E-state index contributed by atoms with van der Waals surface area (Å²) in [5, 5.41) is 19.8. The molecule has 0 saturated heterocycles. The van der Waals surface area contributed by atoms with Gasteiger partial charge >= 0.3 is 11.9 Å². The van der Waals surface area contributed by atoms with Gasteiger partial charge in [0, 0.05) is 19.8 Å². The van der Waals surface area contributed by atoms with E-state index >= 15 is 0 Å². The molecular weight excluding hydrogens is 264 g/mol. The Kier molecular flexibility index (Phi) is 5.08. The van der Waals surface area contributed by atoms with Crippen LogP contribution < -0.4 is 10.2 Å². The molecule has 0 bridgehead atoms. The maximum atomic E-state index is 12.1. The van der Waals surface area contributed by atoms with E-state index in [1.165, 1.54) is 0 Å². The summed E-state index contributed by atoms with van der Waals surface area (Å²) < 4.78 is 0. The van der Waals surface area contributed by atoms with Crippen molar-refractivity contribution in [3.63, 3.8) is 0 Å². The van der Waals surface area contributed by atoms with Crippen molar-refractivity contribution in [2.24, 2.45) is 0 Å². The third kappa shape index (κ3) is 3.98. The maximum absolute atomic E-state index is 12.1. The molecule has 0 spiro atoms. The predicted octanol–water partition coefficient (Wildman–Crippen LogP) is 0.410. The van der Waals surface area contributed by atoms with Crippen molar-refractivity contribution >= 4 is 23.5 Å². The molecule has 0 aliphatic carbocycles. The lowest BCUT2D eigenvalue weighted by atomic mass is 10.1. The van der Waals surface area contributed by atoms with Gasteiger partial charge in [-0.15, -0.1) is 0 Å². The zero-order chi connectivity index (χ0) is 15.3. The molecule has 0 radical (unpaired) electrons. The first-order valence-corrected chi connectivity index (χ1v) is 5.84. The Bertz CT molecular complexity index is 527. The Balaban J connectivity index is 2.95. The van der Waals surface area contributed by atoms with E-state index in [1.807, 2.05) is 0 Å². The molecule has 0 aromatic heterocycles. The Morgan fingerprint density at radius 2 is 1.80 bits per heavy atom. The number of hydrogen-bond acceptors (Lipinski definition) is 4. The highest BCUT2D eigenvalue weighted by Crippen LogP contribution is 2.17. The van der Waals surface area contributed by atoms with Crippen LogP contribution in [0.1, 0.15) is 16.8 Å². The number of anilines is 1. The molecule has 1 aromatic carbocycles. The number of carboxylic acid groups (broad SMARTS) is 2. The number of aliphatic carboxylic acids is 2. The summed E-state index contributed by atoms with van der Waals surface area (Å²) in [4.78, 5) is 35.3. The summed E-state index contributed by atoms with van der Waals surface area (Å²) in [5.41, 5.74) is 0.901. The van der Waals surface area contributed by atoms with Crippen LogP contribution in [0.5, 0.6) is 0 Å². The van der Waals surface area contributed by atoms with Gasteiger partial charge in [0.25, 0.3) is 5.91 Å². The Labute approximate surface area is 115 Å². The van der Waals surface area contributed by atoms with Crippen LogP contribution in [0.15, 0.2) is 24.3 Å². The molecule has 0 saturated carbocycles. The van der Waals surface area contributed by atoms with Crippen molar-refractivity contribution in [2.45, 2.75) is 12.5 Å². The van der Waals surface area contributed by atoms with E-state index in [-0.39, 0.29) is 5.56 Å². The average molecular weight is 280 g/mol. The molecule has 108 valence electrons. The summed E-state index contributed by atoms with van der Waals surface area (Å²) >= 11 is 0. The number of nitrogens with one attached hydrogen (secondary N) is 1. The number of carboxylic acids is 2. The van der Waals surface area contributed by atoms with E-state index in [2.05, 4.69) is 5.32 Å². The first-order chi connectivity index (χ1) is 9.32. The monoisotopic (exact) mass is 280 g/mol. The molecule has 0 aliphatic heterocycles. The molecule has 3 N–H and O–H groups in total. The molecule has 0 aliphatic rings. The van der Waals surface area contributed by atoms with Crippen LogP contribution >= 0.6 is 0 Å². The van der Waals surface area contributed by atoms with Crippen molar-refractivity contribution in [1.29, 1.82) is 0 Å². The number of carbonyl (C=O) groups excluding carboxylic acids is 1. The highest BCUT2D eigenvalue weighted by molar-refractivity contribution is 6.01. The number of nitrogens with zero attached hydrogens (tertiary/aromatic N) is 1. The lowest BCUT2D eigenvalue weighted by Gasteiger charge is -2.18. The quantitative estimate of drug-likeness (QED) is 0.696. The van der Waals surface area contributed by atoms with Crippen molar-refractivity contribution in [1.82, 2.24) is 5.32 Å². The van der Waals surface area contributed by atoms with Crippen LogP contribution in [-0.4, -0.2) is 48.2 Å². The number of rotatable bonds is 6. The van der Waals surface area contributed by atoms with Gasteiger partial charge < -0.3 is 20.4 Å². The van der Waals surface area contributed by atoms with Crippen LogP contribution in [0.4, 0.5) is 5.69 Å². The van der Waals surface area contributed by atoms with Gasteiger partial charge in [0.15, 0.2) is 0 Å². The third-order valence-corrected chi connectivity index (χ3v) is 2.61. The minimum absolute atomic E-state index is 0.286. The Morgan fingerprint density at radius 1 is 1.20 bits per heavy atom. The van der Waals surface area contributed by atoms with E-state index in [0.717, 1.165) is 0 Å². The van der Waals surface area contributed by atoms with Gasteiger partial charge in [-0.05, 0) is 12.1 Å². The first kappa shape index (κ1) is 15.5. The molecule has 0 heterocycles. The molecule has 0 fully saturated rings. The van der Waals surface area contributed by atoms with Gasteiger partial charge in [-0.1, -0.05) is 12.1 Å². The molecule has 20 heavy (non-hydrogen) atoms. The van der Waals surface area contributed by atoms with Crippen molar-refractivity contribution < 1.29 is 24.6 Å². The van der Waals surface area contributed by atoms with Gasteiger partial charge in [0.05, 0.1) is 12.0 Å². The molecular formula is C13H16N2O5. The molecule has 1 unspecified atom stereocenters. The van der Waals surface area contributed by atoms with Crippen LogP contribution in [0.25, 0.3) is 0 Å². The fourth-order valence-corrected chi connectivity index (χ4v) is 1.67.